The van der Waals surface area contributed by atoms with Crippen molar-refractivity contribution in [3.8, 4) is 34.1 Å². The van der Waals surface area contributed by atoms with Gasteiger partial charge in [-0.2, -0.15) is 0 Å². The molecular weight excluding hydrogens is 509 g/mol. The molecule has 0 aliphatic rings. The Morgan fingerprint density at radius 3 is 2.05 bits per heavy atom. The lowest BCUT2D eigenvalue weighted by Gasteiger charge is -2.10. The number of hydrogen-bond donors (Lipinski definition) is 1. The van der Waals surface area contributed by atoms with E-state index in [0.29, 0.717) is 41.6 Å². The fourth-order valence-electron chi connectivity index (χ4n) is 5.69. The van der Waals surface area contributed by atoms with Crippen LogP contribution in [0.15, 0.2) is 126 Å². The molecule has 0 aliphatic carbocycles. The summed E-state index contributed by atoms with van der Waals surface area (Å²) in [6, 6.07) is 40.7. The van der Waals surface area contributed by atoms with Gasteiger partial charge in [-0.05, 0) is 36.4 Å². The first-order chi connectivity index (χ1) is 20.3. The van der Waals surface area contributed by atoms with Gasteiger partial charge in [0.05, 0.1) is 16.4 Å². The summed E-state index contributed by atoms with van der Waals surface area (Å²) in [7, 11) is 0.650. The highest BCUT2D eigenvalue weighted by atomic mass is 16.5. The third-order valence-corrected chi connectivity index (χ3v) is 7.47. The Morgan fingerprint density at radius 2 is 1.29 bits per heavy atom. The Balaban J connectivity index is 1.39. The van der Waals surface area contributed by atoms with E-state index < -0.39 is 0 Å². The van der Waals surface area contributed by atoms with Crippen molar-refractivity contribution < 1.29 is 14.1 Å². The third kappa shape index (κ3) is 3.71. The first-order valence-electron chi connectivity index (χ1n) is 13.3. The summed E-state index contributed by atoms with van der Waals surface area (Å²) in [5.74, 6) is 0.985. The van der Waals surface area contributed by atoms with Crippen molar-refractivity contribution >= 4 is 51.6 Å². The topological polar surface area (TPSA) is 73.3 Å². The molecule has 7 heteroatoms. The highest BCUT2D eigenvalue weighted by molar-refractivity contribution is 6.18. The van der Waals surface area contributed by atoms with Crippen LogP contribution >= 0.6 is 0 Å². The summed E-state index contributed by atoms with van der Waals surface area (Å²) < 4.78 is 13.9. The first-order valence-corrected chi connectivity index (χ1v) is 13.3. The van der Waals surface area contributed by atoms with Crippen LogP contribution in [0.4, 0.5) is 0 Å². The molecule has 193 valence electrons. The van der Waals surface area contributed by atoms with Crippen molar-refractivity contribution in [3.63, 3.8) is 0 Å². The van der Waals surface area contributed by atoms with Crippen LogP contribution in [0, 0.1) is 0 Å². The predicted octanol–water partition coefficient (Wildman–Crippen LogP) is 7.71. The number of benzene rings is 5. The molecule has 1 radical (unpaired) electrons. The minimum Gasteiger partial charge on any atom is -0.535 e. The summed E-state index contributed by atoms with van der Waals surface area (Å²) in [5, 5.41) is 12.5. The van der Waals surface area contributed by atoms with Crippen molar-refractivity contribution in [3.05, 3.63) is 121 Å². The van der Waals surface area contributed by atoms with Gasteiger partial charge in [0.25, 0.3) is 0 Å². The van der Waals surface area contributed by atoms with Gasteiger partial charge in [0.2, 0.25) is 0 Å². The van der Waals surface area contributed by atoms with E-state index in [2.05, 4.69) is 65.2 Å². The van der Waals surface area contributed by atoms with E-state index in [-0.39, 0.29) is 0 Å². The van der Waals surface area contributed by atoms with Crippen LogP contribution in [0.3, 0.4) is 0 Å². The lowest BCUT2D eigenvalue weighted by Crippen LogP contribution is -1.99. The zero-order valence-corrected chi connectivity index (χ0v) is 21.7. The third-order valence-electron chi connectivity index (χ3n) is 7.47. The number of furan rings is 1. The molecule has 1 N–H and O–H groups in total. The lowest BCUT2D eigenvalue weighted by atomic mass is 10.1. The maximum absolute atomic E-state index is 9.30. The maximum atomic E-state index is 9.30. The summed E-state index contributed by atoms with van der Waals surface area (Å²) in [5.41, 5.74) is 7.51. The molecule has 3 aromatic heterocycles. The molecule has 0 atom stereocenters. The Labute approximate surface area is 235 Å². The minimum absolute atomic E-state index is 0.400. The number of fused-ring (bicyclic) bond motifs is 6. The van der Waals surface area contributed by atoms with E-state index in [1.807, 2.05) is 54.6 Å². The zero-order chi connectivity index (χ0) is 27.3. The molecule has 3 heterocycles. The van der Waals surface area contributed by atoms with Crippen molar-refractivity contribution in [1.82, 2.24) is 14.5 Å². The molecule has 41 heavy (non-hydrogen) atoms. The molecule has 0 fully saturated rings. The second kappa shape index (κ2) is 9.36. The first kappa shape index (κ1) is 23.5. The average Bonchev–Trinajstić information content (AvgIpc) is 3.58. The lowest BCUT2D eigenvalue weighted by molar-refractivity contribution is 0.451. The number of para-hydroxylation sites is 3. The van der Waals surface area contributed by atoms with Crippen LogP contribution in [-0.4, -0.2) is 27.2 Å². The summed E-state index contributed by atoms with van der Waals surface area (Å²) in [6.45, 7) is 0. The Kier molecular flexibility index (Phi) is 5.36. The molecule has 0 saturated heterocycles. The van der Waals surface area contributed by atoms with Gasteiger partial charge in [-0.1, -0.05) is 84.9 Å². The largest absolute Gasteiger partial charge is 0.569 e. The second-order valence-corrected chi connectivity index (χ2v) is 9.82. The van der Waals surface area contributed by atoms with Gasteiger partial charge in [0.15, 0.2) is 17.0 Å². The predicted molar refractivity (Wildman–Crippen MR) is 163 cm³/mol. The van der Waals surface area contributed by atoms with E-state index in [4.69, 9.17) is 19.0 Å². The zero-order valence-electron chi connectivity index (χ0n) is 21.7. The Morgan fingerprint density at radius 1 is 0.634 bits per heavy atom. The van der Waals surface area contributed by atoms with Crippen LogP contribution < -0.4 is 4.65 Å². The normalized spacial score (nSPS) is 11.5. The molecule has 0 unspecified atom stereocenters. The summed E-state index contributed by atoms with van der Waals surface area (Å²) >= 11 is 0. The molecule has 0 aliphatic heterocycles. The molecule has 5 aromatic carbocycles. The second-order valence-electron chi connectivity index (χ2n) is 9.82. The maximum Gasteiger partial charge on any atom is 0.569 e. The van der Waals surface area contributed by atoms with Crippen LogP contribution in [-0.2, 0) is 0 Å². The van der Waals surface area contributed by atoms with E-state index in [0.717, 1.165) is 33.2 Å². The van der Waals surface area contributed by atoms with Crippen molar-refractivity contribution in [2.24, 2.45) is 0 Å². The summed E-state index contributed by atoms with van der Waals surface area (Å²) in [4.78, 5) is 10.1. The molecule has 0 saturated carbocycles. The van der Waals surface area contributed by atoms with E-state index in [1.165, 1.54) is 10.8 Å². The van der Waals surface area contributed by atoms with Crippen molar-refractivity contribution in [2.45, 2.75) is 0 Å². The van der Waals surface area contributed by atoms with Gasteiger partial charge in [0.1, 0.15) is 17.0 Å². The highest BCUT2D eigenvalue weighted by Crippen LogP contribution is 2.39. The monoisotopic (exact) mass is 530 g/mol. The molecule has 0 amide bonds. The number of aromatic nitrogens is 3. The fraction of sp³-hybridized carbons (Fsp3) is 0. The van der Waals surface area contributed by atoms with Crippen LogP contribution in [0.5, 0.6) is 5.75 Å². The Hall–Kier alpha value is -5.40. The van der Waals surface area contributed by atoms with Gasteiger partial charge < -0.3 is 18.7 Å². The van der Waals surface area contributed by atoms with Crippen molar-refractivity contribution in [1.29, 1.82) is 0 Å². The van der Waals surface area contributed by atoms with Gasteiger partial charge in [-0.15, -0.1) is 0 Å². The fourth-order valence-corrected chi connectivity index (χ4v) is 5.69. The van der Waals surface area contributed by atoms with Crippen LogP contribution in [0.1, 0.15) is 0 Å². The van der Waals surface area contributed by atoms with Gasteiger partial charge >= 0.3 is 7.69 Å². The van der Waals surface area contributed by atoms with Gasteiger partial charge in [-0.3, -0.25) is 0 Å². The number of nitrogens with zero attached hydrogens (tertiary/aromatic N) is 3. The van der Waals surface area contributed by atoms with Gasteiger partial charge in [0, 0.05) is 27.6 Å². The number of rotatable bonds is 5. The Bertz CT molecular complexity index is 2180. The van der Waals surface area contributed by atoms with Crippen LogP contribution in [0.25, 0.3) is 72.2 Å². The quantitative estimate of drug-likeness (QED) is 0.231. The van der Waals surface area contributed by atoms with E-state index in [1.54, 1.807) is 6.07 Å². The number of hydrogen-bond acceptors (Lipinski definition) is 5. The van der Waals surface area contributed by atoms with E-state index >= 15 is 0 Å². The molecule has 0 bridgehead atoms. The highest BCUT2D eigenvalue weighted by Gasteiger charge is 2.21. The molecule has 8 aromatic rings. The smallest absolute Gasteiger partial charge is 0.535 e. The van der Waals surface area contributed by atoms with Crippen LogP contribution in [0.2, 0.25) is 0 Å². The minimum atomic E-state index is 0.400. The molecule has 0 spiro atoms. The van der Waals surface area contributed by atoms with Crippen molar-refractivity contribution in [2.75, 3.05) is 0 Å². The molecule has 6 nitrogen and oxygen atoms in total. The molecule has 8 rings (SSSR count). The summed E-state index contributed by atoms with van der Waals surface area (Å²) in [6.07, 6.45) is 0. The SMILES string of the molecule is O[B]Oc1cccc2c1oc1c(-c3ccccc3)nc(-c3cccc(-n4c5ccccc5c5ccccc54)c3)nc12. The standard InChI is InChI=1S/C34H21BN3O3/c39-35-41-29-19-9-16-26-31-33(40-32(26)29)30(21-10-2-1-3-11-21)36-34(37-31)22-12-8-13-23(20-22)38-27-17-6-4-14-24(27)25-15-5-7-18-28(25)38/h1-20,39H. The molecular formula is C34H21BN3O3. The average molecular weight is 530 g/mol. The van der Waals surface area contributed by atoms with Gasteiger partial charge in [-0.25, -0.2) is 9.97 Å². The van der Waals surface area contributed by atoms with E-state index in [9.17, 15) is 5.02 Å².